The van der Waals surface area contributed by atoms with E-state index in [-0.39, 0.29) is 33.7 Å². The molecule has 1 heterocycles. The fraction of sp³-hybridized carbons (Fsp3) is 0.417. The summed E-state index contributed by atoms with van der Waals surface area (Å²) in [4.78, 5) is 4.12. The second-order valence-electron chi connectivity index (χ2n) is 4.37. The molecule has 1 unspecified atom stereocenters. The van der Waals surface area contributed by atoms with Crippen LogP contribution in [0.4, 0.5) is 10.3 Å². The van der Waals surface area contributed by atoms with E-state index in [9.17, 15) is 8.60 Å². The monoisotopic (exact) mass is 282 g/mol. The largest absolute Gasteiger partial charge is 0.368 e. The highest BCUT2D eigenvalue weighted by molar-refractivity contribution is 7.67. The van der Waals surface area contributed by atoms with E-state index in [1.54, 1.807) is 13.0 Å². The van der Waals surface area contributed by atoms with Crippen LogP contribution in [0.15, 0.2) is 17.5 Å². The smallest absolute Gasteiger partial charge is 0.223 e. The van der Waals surface area contributed by atoms with Crippen LogP contribution in [0.1, 0.15) is 26.1 Å². The van der Waals surface area contributed by atoms with Crippen molar-refractivity contribution < 1.29 is 8.60 Å². The lowest BCUT2D eigenvalue weighted by Gasteiger charge is -2.21. The predicted octanol–water partition coefficient (Wildman–Crippen LogP) is 1.68. The molecule has 102 valence electrons. The fourth-order valence-corrected chi connectivity index (χ4v) is 2.60. The zero-order valence-electron chi connectivity index (χ0n) is 11.0. The van der Waals surface area contributed by atoms with Crippen LogP contribution >= 0.6 is 0 Å². The number of rotatable bonds is 2. The predicted molar refractivity (Wildman–Crippen MR) is 74.2 cm³/mol. The number of nitrogen functional groups attached to an aromatic ring is 1. The molecule has 1 atom stereocenters. The van der Waals surface area contributed by atoms with E-state index in [2.05, 4.69) is 10.1 Å². The van der Waals surface area contributed by atoms with Gasteiger partial charge < -0.3 is 5.73 Å². The molecular formula is C12H15FN4OS. The lowest BCUT2D eigenvalue weighted by Crippen LogP contribution is -2.21. The number of nitrogens with two attached hydrogens (primary N) is 1. The Morgan fingerprint density at radius 3 is 2.74 bits per heavy atom. The Morgan fingerprint density at radius 2 is 2.26 bits per heavy atom. The molecule has 0 fully saturated rings. The van der Waals surface area contributed by atoms with Gasteiger partial charge in [0.1, 0.15) is 11.5 Å². The standard InChI is InChI=1S/C12H15FN4OS/c1-4-8-5-9(10(13)11(19-18)6(8)2)17-12(14)15-7(3)16-17/h5-6H,4H2,1-3H3,(H2,14,15,16). The summed E-state index contributed by atoms with van der Waals surface area (Å²) in [7, 11) is 0. The molecule has 1 aromatic rings. The van der Waals surface area contributed by atoms with Crippen molar-refractivity contribution in [2.45, 2.75) is 27.2 Å². The Kier molecular flexibility index (Phi) is 3.66. The third kappa shape index (κ3) is 2.25. The third-order valence-corrected chi connectivity index (χ3v) is 3.89. The van der Waals surface area contributed by atoms with Crippen LogP contribution in [0.2, 0.25) is 0 Å². The molecule has 1 aromatic heterocycles. The Labute approximate surface area is 114 Å². The first-order valence-electron chi connectivity index (χ1n) is 5.96. The van der Waals surface area contributed by atoms with E-state index in [1.807, 2.05) is 13.8 Å². The van der Waals surface area contributed by atoms with Gasteiger partial charge in [-0.1, -0.05) is 19.4 Å². The summed E-state index contributed by atoms with van der Waals surface area (Å²) < 4.78 is 26.8. The minimum Gasteiger partial charge on any atom is -0.368 e. The highest BCUT2D eigenvalue weighted by Crippen LogP contribution is 2.31. The van der Waals surface area contributed by atoms with Crippen molar-refractivity contribution in [3.63, 3.8) is 0 Å². The maximum absolute atomic E-state index is 14.4. The topological polar surface area (TPSA) is 73.8 Å². The summed E-state index contributed by atoms with van der Waals surface area (Å²) in [5.41, 5.74) is 6.87. The van der Waals surface area contributed by atoms with Crippen molar-refractivity contribution in [1.29, 1.82) is 0 Å². The first-order chi connectivity index (χ1) is 8.99. The molecule has 2 N–H and O–H groups in total. The molecule has 0 saturated carbocycles. The molecule has 2 rings (SSSR count). The van der Waals surface area contributed by atoms with Crippen molar-refractivity contribution in [2.75, 3.05) is 5.73 Å². The molecule has 0 amide bonds. The minimum atomic E-state index is -0.568. The summed E-state index contributed by atoms with van der Waals surface area (Å²) >= 11 is 0.183. The average Bonchev–Trinajstić information content (AvgIpc) is 2.69. The van der Waals surface area contributed by atoms with Crippen LogP contribution in [0.25, 0.3) is 5.70 Å². The summed E-state index contributed by atoms with van der Waals surface area (Å²) in [5.74, 6) is -0.207. The quantitative estimate of drug-likeness (QED) is 0.837. The molecule has 0 aliphatic heterocycles. The average molecular weight is 282 g/mol. The van der Waals surface area contributed by atoms with E-state index in [1.165, 1.54) is 4.68 Å². The van der Waals surface area contributed by atoms with E-state index < -0.39 is 5.83 Å². The molecule has 1 aliphatic rings. The first-order valence-corrected chi connectivity index (χ1v) is 6.70. The van der Waals surface area contributed by atoms with Gasteiger partial charge >= 0.3 is 0 Å². The second-order valence-corrected chi connectivity index (χ2v) is 4.98. The number of allylic oxidation sites excluding steroid dienone is 4. The van der Waals surface area contributed by atoms with Gasteiger partial charge in [0.15, 0.2) is 5.83 Å². The van der Waals surface area contributed by atoms with Gasteiger partial charge in [-0.2, -0.15) is 9.67 Å². The van der Waals surface area contributed by atoms with Gasteiger partial charge in [0, 0.05) is 5.92 Å². The van der Waals surface area contributed by atoms with Crippen molar-refractivity contribution >= 4 is 27.8 Å². The minimum absolute atomic E-state index is 0.110. The van der Waals surface area contributed by atoms with E-state index in [0.717, 1.165) is 12.0 Å². The number of aromatic nitrogens is 3. The number of nitrogens with zero attached hydrogens (tertiary/aromatic N) is 3. The number of anilines is 1. The van der Waals surface area contributed by atoms with Crippen LogP contribution < -0.4 is 5.73 Å². The molecule has 0 radical (unpaired) electrons. The number of aryl methyl sites for hydroxylation is 1. The van der Waals surface area contributed by atoms with E-state index in [4.69, 9.17) is 5.73 Å². The number of hydrogen-bond donors (Lipinski definition) is 1. The number of halogens is 1. The second kappa shape index (κ2) is 5.08. The Bertz CT molecular complexity index is 640. The van der Waals surface area contributed by atoms with Crippen LogP contribution in [0.3, 0.4) is 0 Å². The maximum atomic E-state index is 14.4. The molecule has 5 nitrogen and oxygen atoms in total. The van der Waals surface area contributed by atoms with Gasteiger partial charge in [0.25, 0.3) is 0 Å². The van der Waals surface area contributed by atoms with E-state index >= 15 is 0 Å². The molecular weight excluding hydrogens is 267 g/mol. The Morgan fingerprint density at radius 1 is 1.58 bits per heavy atom. The molecule has 7 heteroatoms. The molecule has 0 spiro atoms. The summed E-state index contributed by atoms with van der Waals surface area (Å²) in [6, 6.07) is 0. The molecule has 19 heavy (non-hydrogen) atoms. The SMILES string of the molecule is CCC1=CC(n2nc(C)nc2N)=C(F)C(=S=O)C1C. The van der Waals surface area contributed by atoms with Crippen LogP contribution in [-0.2, 0) is 11.3 Å². The van der Waals surface area contributed by atoms with Crippen LogP contribution in [0.5, 0.6) is 0 Å². The van der Waals surface area contributed by atoms with Gasteiger partial charge in [-0.05, 0) is 19.4 Å². The summed E-state index contributed by atoms with van der Waals surface area (Å²) in [6.45, 7) is 5.46. The normalized spacial score (nSPS) is 19.7. The summed E-state index contributed by atoms with van der Waals surface area (Å²) in [5, 5.41) is 4.06. The van der Waals surface area contributed by atoms with Gasteiger partial charge in [-0.15, -0.1) is 5.10 Å². The highest BCUT2D eigenvalue weighted by atomic mass is 32.1. The zero-order chi connectivity index (χ0) is 14.2. The van der Waals surface area contributed by atoms with Crippen molar-refractivity contribution in [3.8, 4) is 0 Å². The van der Waals surface area contributed by atoms with Crippen molar-refractivity contribution in [3.05, 3.63) is 23.3 Å². The van der Waals surface area contributed by atoms with Gasteiger partial charge in [-0.25, -0.2) is 8.60 Å². The van der Waals surface area contributed by atoms with Crippen molar-refractivity contribution in [1.82, 2.24) is 14.8 Å². The van der Waals surface area contributed by atoms with Crippen LogP contribution in [-0.4, -0.2) is 23.8 Å². The van der Waals surface area contributed by atoms with Gasteiger partial charge in [-0.3, -0.25) is 0 Å². The molecule has 0 saturated heterocycles. The third-order valence-electron chi connectivity index (χ3n) is 3.18. The summed E-state index contributed by atoms with van der Waals surface area (Å²) in [6.07, 6.45) is 2.43. The maximum Gasteiger partial charge on any atom is 0.223 e. The van der Waals surface area contributed by atoms with Crippen LogP contribution in [0, 0.1) is 12.8 Å². The lowest BCUT2D eigenvalue weighted by atomic mass is 9.89. The Balaban J connectivity index is 2.67. The van der Waals surface area contributed by atoms with Gasteiger partial charge in [0.05, 0.1) is 16.1 Å². The molecule has 0 bridgehead atoms. The lowest BCUT2D eigenvalue weighted by molar-refractivity contribution is 0.654. The Hall–Kier alpha value is -1.76. The first kappa shape index (κ1) is 13.7. The molecule has 0 aromatic carbocycles. The fourth-order valence-electron chi connectivity index (χ4n) is 2.13. The molecule has 1 aliphatic carbocycles. The number of hydrogen-bond acceptors (Lipinski definition) is 4. The van der Waals surface area contributed by atoms with Gasteiger partial charge in [0.2, 0.25) is 5.95 Å². The van der Waals surface area contributed by atoms with E-state index in [0.29, 0.717) is 5.82 Å². The zero-order valence-corrected chi connectivity index (χ0v) is 11.8. The van der Waals surface area contributed by atoms with Crippen molar-refractivity contribution in [2.24, 2.45) is 5.92 Å². The highest BCUT2D eigenvalue weighted by Gasteiger charge is 2.28.